The zero-order valence-electron chi connectivity index (χ0n) is 17.1. The van der Waals surface area contributed by atoms with Gasteiger partial charge in [-0.1, -0.05) is 55.8 Å². The van der Waals surface area contributed by atoms with E-state index in [9.17, 15) is 14.9 Å². The van der Waals surface area contributed by atoms with E-state index in [0.717, 1.165) is 14.5 Å². The van der Waals surface area contributed by atoms with Crippen molar-refractivity contribution in [1.29, 1.82) is 5.26 Å². The fourth-order valence-corrected chi connectivity index (χ4v) is 5.38. The van der Waals surface area contributed by atoms with Crippen LogP contribution in [0.4, 0.5) is 5.69 Å². The predicted molar refractivity (Wildman–Crippen MR) is 134 cm³/mol. The maximum atomic E-state index is 13.5. The minimum absolute atomic E-state index is 0.112. The number of carbonyl (C=O) groups is 2. The van der Waals surface area contributed by atoms with Crippen molar-refractivity contribution in [3.8, 4) is 6.07 Å². The number of carbonyl (C=O) groups excluding carboxylic acids is 2. The summed E-state index contributed by atoms with van der Waals surface area (Å²) in [7, 11) is 0. The molecule has 3 aromatic rings. The van der Waals surface area contributed by atoms with Gasteiger partial charge in [0, 0.05) is 14.6 Å². The smallest absolute Gasteiger partial charge is 0.265 e. The second-order valence-corrected chi connectivity index (χ2v) is 10.2. The molecule has 2 aromatic carbocycles. The van der Waals surface area contributed by atoms with E-state index in [1.807, 2.05) is 42.5 Å². The summed E-state index contributed by atoms with van der Waals surface area (Å²) < 4.78 is 7.02. The number of anilines is 1. The average molecular weight is 587 g/mol. The second kappa shape index (κ2) is 10.4. The molecule has 0 spiro atoms. The van der Waals surface area contributed by atoms with Crippen LogP contribution in [0.5, 0.6) is 0 Å². The Kier molecular flexibility index (Phi) is 7.38. The number of benzene rings is 2. The van der Waals surface area contributed by atoms with Crippen LogP contribution >= 0.6 is 43.6 Å². The molecule has 1 N–H and O–H groups in total. The third kappa shape index (κ3) is 5.41. The first kappa shape index (κ1) is 23.4. The van der Waals surface area contributed by atoms with Gasteiger partial charge in [0.1, 0.15) is 22.4 Å². The van der Waals surface area contributed by atoms with Crippen LogP contribution in [0.3, 0.4) is 0 Å². The average Bonchev–Trinajstić information content (AvgIpc) is 3.42. The topological polar surface area (TPSA) is 86.3 Å². The molecule has 2 amide bonds. The van der Waals surface area contributed by atoms with Crippen LogP contribution in [0.2, 0.25) is 0 Å². The summed E-state index contributed by atoms with van der Waals surface area (Å²) in [6.45, 7) is 0.142. The van der Waals surface area contributed by atoms with Crippen LogP contribution in [0.25, 0.3) is 0 Å². The first-order valence-electron chi connectivity index (χ1n) is 9.92. The van der Waals surface area contributed by atoms with E-state index >= 15 is 0 Å². The van der Waals surface area contributed by atoms with Gasteiger partial charge in [-0.05, 0) is 60.5 Å². The summed E-state index contributed by atoms with van der Waals surface area (Å²) in [6.07, 6.45) is 1.98. The van der Waals surface area contributed by atoms with Crippen LogP contribution in [0, 0.1) is 11.3 Å². The van der Waals surface area contributed by atoms with Gasteiger partial charge in [-0.2, -0.15) is 5.26 Å². The van der Waals surface area contributed by atoms with Crippen molar-refractivity contribution in [2.24, 2.45) is 0 Å². The van der Waals surface area contributed by atoms with Crippen molar-refractivity contribution in [1.82, 2.24) is 5.32 Å². The van der Waals surface area contributed by atoms with E-state index in [1.165, 1.54) is 22.9 Å². The number of thioether (sulfide) groups is 1. The summed E-state index contributed by atoms with van der Waals surface area (Å²) in [5.41, 5.74) is 1.46. The second-order valence-electron chi connectivity index (χ2n) is 7.14. The number of hydrogen-bond acceptors (Lipinski definition) is 5. The summed E-state index contributed by atoms with van der Waals surface area (Å²) >= 11 is 8.10. The van der Waals surface area contributed by atoms with Gasteiger partial charge in [-0.3, -0.25) is 14.5 Å². The third-order valence-corrected chi connectivity index (χ3v) is 7.19. The van der Waals surface area contributed by atoms with Gasteiger partial charge in [-0.25, -0.2) is 0 Å². The SMILES string of the molecule is N#C/C(C(=O)NCc1ccco1)=C1/SC(Cc2cccc(Br)c2)C(=O)N1c1ccc(Br)cc1. The van der Waals surface area contributed by atoms with Crippen LogP contribution in [-0.2, 0) is 22.6 Å². The van der Waals surface area contributed by atoms with Gasteiger partial charge in [0.2, 0.25) is 5.91 Å². The van der Waals surface area contributed by atoms with E-state index < -0.39 is 11.2 Å². The monoisotopic (exact) mass is 585 g/mol. The Morgan fingerprint density at radius 2 is 1.91 bits per heavy atom. The summed E-state index contributed by atoms with van der Waals surface area (Å²) in [6, 6.07) is 20.4. The Morgan fingerprint density at radius 1 is 1.12 bits per heavy atom. The lowest BCUT2D eigenvalue weighted by Crippen LogP contribution is -2.32. The molecule has 33 heavy (non-hydrogen) atoms. The largest absolute Gasteiger partial charge is 0.467 e. The maximum Gasteiger partial charge on any atom is 0.265 e. The van der Waals surface area contributed by atoms with E-state index in [0.29, 0.717) is 22.9 Å². The van der Waals surface area contributed by atoms with Crippen LogP contribution in [0.15, 0.2) is 90.9 Å². The molecule has 2 heterocycles. The Labute approximate surface area is 211 Å². The molecule has 166 valence electrons. The molecule has 0 saturated carbocycles. The van der Waals surface area contributed by atoms with Gasteiger partial charge in [0.05, 0.1) is 18.1 Å². The molecule has 1 saturated heterocycles. The van der Waals surface area contributed by atoms with Crippen molar-refractivity contribution >= 4 is 61.1 Å². The van der Waals surface area contributed by atoms with Gasteiger partial charge in [0.25, 0.3) is 5.91 Å². The number of nitriles is 1. The molecule has 0 radical (unpaired) electrons. The van der Waals surface area contributed by atoms with Gasteiger partial charge in [-0.15, -0.1) is 0 Å². The Morgan fingerprint density at radius 3 is 2.58 bits per heavy atom. The van der Waals surface area contributed by atoms with Crippen molar-refractivity contribution in [3.05, 3.63) is 97.8 Å². The third-order valence-electron chi connectivity index (χ3n) is 4.90. The highest BCUT2D eigenvalue weighted by molar-refractivity contribution is 9.10. The van der Waals surface area contributed by atoms with Crippen molar-refractivity contribution in [3.63, 3.8) is 0 Å². The normalized spacial score (nSPS) is 17.1. The fraction of sp³-hybridized carbons (Fsp3) is 0.125. The first-order chi connectivity index (χ1) is 16.0. The lowest BCUT2D eigenvalue weighted by atomic mass is 10.1. The Bertz CT molecular complexity index is 1250. The number of amides is 2. The van der Waals surface area contributed by atoms with E-state index in [4.69, 9.17) is 4.42 Å². The highest BCUT2D eigenvalue weighted by Gasteiger charge is 2.40. The maximum absolute atomic E-state index is 13.5. The molecule has 1 aromatic heterocycles. The van der Waals surface area contributed by atoms with Crippen LogP contribution in [0.1, 0.15) is 11.3 Å². The molecule has 9 heteroatoms. The Balaban J connectivity index is 1.68. The molecule has 1 aliphatic rings. The summed E-state index contributed by atoms with van der Waals surface area (Å²) in [4.78, 5) is 27.8. The lowest BCUT2D eigenvalue weighted by Gasteiger charge is -2.18. The first-order valence-corrected chi connectivity index (χ1v) is 12.4. The molecule has 1 aliphatic heterocycles. The van der Waals surface area contributed by atoms with Crippen molar-refractivity contribution in [2.75, 3.05) is 4.90 Å². The van der Waals surface area contributed by atoms with Crippen LogP contribution < -0.4 is 10.2 Å². The fourth-order valence-electron chi connectivity index (χ4n) is 3.36. The number of nitrogens with zero attached hydrogens (tertiary/aromatic N) is 2. The molecular weight excluding hydrogens is 570 g/mol. The molecule has 0 aliphatic carbocycles. The quantitative estimate of drug-likeness (QED) is 0.302. The lowest BCUT2D eigenvalue weighted by molar-refractivity contribution is -0.117. The zero-order chi connectivity index (χ0) is 23.4. The van der Waals surface area contributed by atoms with E-state index in [-0.39, 0.29) is 18.0 Å². The van der Waals surface area contributed by atoms with Crippen molar-refractivity contribution in [2.45, 2.75) is 18.2 Å². The molecule has 6 nitrogen and oxygen atoms in total. The minimum atomic E-state index is -0.561. The number of rotatable bonds is 6. The molecule has 1 fully saturated rings. The van der Waals surface area contributed by atoms with E-state index in [1.54, 1.807) is 24.3 Å². The van der Waals surface area contributed by atoms with Gasteiger partial charge in [0.15, 0.2) is 0 Å². The molecular formula is C24H17Br2N3O3S. The number of nitrogens with one attached hydrogen (secondary N) is 1. The molecule has 4 rings (SSSR count). The van der Waals surface area contributed by atoms with Gasteiger partial charge < -0.3 is 9.73 Å². The summed E-state index contributed by atoms with van der Waals surface area (Å²) in [5, 5.41) is 12.4. The van der Waals surface area contributed by atoms with Crippen molar-refractivity contribution < 1.29 is 14.0 Å². The Hall–Kier alpha value is -2.80. The standard InChI is InChI=1S/C24H17Br2N3O3S/c25-16-6-8-18(9-7-16)29-23(31)21(12-15-3-1-4-17(26)11-15)33-24(29)20(13-27)22(30)28-14-19-5-2-10-32-19/h1-11,21H,12,14H2,(H,28,30)/b24-20-. The number of furan rings is 1. The highest BCUT2D eigenvalue weighted by Crippen LogP contribution is 2.42. The molecule has 1 atom stereocenters. The van der Waals surface area contributed by atoms with Gasteiger partial charge >= 0.3 is 0 Å². The highest BCUT2D eigenvalue weighted by atomic mass is 79.9. The minimum Gasteiger partial charge on any atom is -0.467 e. The predicted octanol–water partition coefficient (Wildman–Crippen LogP) is 5.55. The van der Waals surface area contributed by atoms with Crippen LogP contribution in [-0.4, -0.2) is 17.1 Å². The number of hydrogen-bond donors (Lipinski definition) is 1. The summed E-state index contributed by atoms with van der Waals surface area (Å²) in [5.74, 6) is -0.170. The van der Waals surface area contributed by atoms with E-state index in [2.05, 4.69) is 37.2 Å². The number of halogens is 2. The molecule has 0 bridgehead atoms. The molecule has 1 unspecified atom stereocenters. The zero-order valence-corrected chi connectivity index (χ0v) is 21.1.